The molecule has 0 aliphatic heterocycles. The molecule has 0 radical (unpaired) electrons. The number of benzene rings is 1. The molecule has 0 amide bonds. The first-order valence-electron chi connectivity index (χ1n) is 8.49. The average molecular weight is 324 g/mol. The van der Waals surface area contributed by atoms with Crippen molar-refractivity contribution in [2.45, 2.75) is 38.6 Å². The molecular weight excluding hydrogens is 292 g/mol. The van der Waals surface area contributed by atoms with Gasteiger partial charge in [-0.1, -0.05) is 32.3 Å². The van der Waals surface area contributed by atoms with Gasteiger partial charge in [-0.25, -0.2) is 0 Å². The van der Waals surface area contributed by atoms with Crippen molar-refractivity contribution in [3.8, 4) is 11.5 Å². The zero-order valence-corrected chi connectivity index (χ0v) is 14.8. The molecule has 0 saturated heterocycles. The number of rotatable bonds is 12. The predicted octanol–water partition coefficient (Wildman–Crippen LogP) is 2.58. The van der Waals surface area contributed by atoms with Crippen molar-refractivity contribution in [3.63, 3.8) is 0 Å². The van der Waals surface area contributed by atoms with E-state index in [1.807, 2.05) is 30.1 Å². The largest absolute Gasteiger partial charge is 0.497 e. The number of ether oxygens (including phenoxy) is 2. The summed E-state index contributed by atoms with van der Waals surface area (Å²) in [5.74, 6) is 1.60. The van der Waals surface area contributed by atoms with Gasteiger partial charge in [0.1, 0.15) is 11.5 Å². The number of unbranched alkanes of at least 4 members (excludes halogenated alkanes) is 3. The van der Waals surface area contributed by atoms with E-state index in [1.54, 1.807) is 7.11 Å². The molecule has 132 valence electrons. The molecule has 0 aliphatic rings. The highest BCUT2D eigenvalue weighted by Gasteiger charge is 2.20. The Morgan fingerprint density at radius 3 is 2.65 bits per heavy atom. The first-order valence-corrected chi connectivity index (χ1v) is 8.49. The zero-order valence-electron chi connectivity index (χ0n) is 14.8. The zero-order chi connectivity index (χ0) is 17.1. The number of hydrogen-bond acceptors (Lipinski definition) is 5. The minimum Gasteiger partial charge on any atom is -0.497 e. The van der Waals surface area contributed by atoms with Crippen LogP contribution in [0.1, 0.15) is 44.2 Å². The summed E-state index contributed by atoms with van der Waals surface area (Å²) in [6, 6.07) is 5.86. The molecule has 1 atom stereocenters. The molecule has 0 spiro atoms. The van der Waals surface area contributed by atoms with Gasteiger partial charge >= 0.3 is 0 Å². The molecule has 0 fully saturated rings. The van der Waals surface area contributed by atoms with Crippen LogP contribution >= 0.6 is 0 Å². The van der Waals surface area contributed by atoms with Crippen LogP contribution in [0.25, 0.3) is 0 Å². The summed E-state index contributed by atoms with van der Waals surface area (Å²) in [4.78, 5) is 2.05. The molecule has 1 unspecified atom stereocenters. The highest BCUT2D eigenvalue weighted by Crippen LogP contribution is 2.32. The summed E-state index contributed by atoms with van der Waals surface area (Å²) in [6.45, 7) is 4.04. The molecule has 3 N–H and O–H groups in total. The SMILES string of the molecule is CCCCCCOc1cc(OC)ccc1C(CN)N(C)CCO. The quantitative estimate of drug-likeness (QED) is 0.578. The fourth-order valence-corrected chi connectivity index (χ4v) is 2.61. The molecule has 0 heterocycles. The summed E-state index contributed by atoms with van der Waals surface area (Å²) < 4.78 is 11.3. The summed E-state index contributed by atoms with van der Waals surface area (Å²) in [6.07, 6.45) is 4.68. The Morgan fingerprint density at radius 1 is 1.26 bits per heavy atom. The van der Waals surface area contributed by atoms with Crippen LogP contribution in [0.4, 0.5) is 0 Å². The Balaban J connectivity index is 2.86. The van der Waals surface area contributed by atoms with Crippen LogP contribution in [0.5, 0.6) is 11.5 Å². The number of aliphatic hydroxyl groups excluding tert-OH is 1. The normalized spacial score (nSPS) is 12.4. The molecule has 0 bridgehead atoms. The Bertz CT molecular complexity index is 440. The average Bonchev–Trinajstić information content (AvgIpc) is 2.56. The number of hydrogen-bond donors (Lipinski definition) is 2. The smallest absolute Gasteiger partial charge is 0.127 e. The fourth-order valence-electron chi connectivity index (χ4n) is 2.61. The maximum atomic E-state index is 9.17. The van der Waals surface area contributed by atoms with Gasteiger partial charge in [-0.3, -0.25) is 4.90 Å². The van der Waals surface area contributed by atoms with E-state index in [9.17, 15) is 0 Å². The Labute approximate surface area is 140 Å². The third-order valence-corrected chi connectivity index (χ3v) is 4.04. The van der Waals surface area contributed by atoms with Crippen LogP contribution in [0.3, 0.4) is 0 Å². The molecule has 0 aromatic heterocycles. The standard InChI is InChI=1S/C18H32N2O3/c1-4-5-6-7-12-23-18-13-15(22-3)8-9-16(18)17(14-19)20(2)10-11-21/h8-9,13,17,21H,4-7,10-12,14,19H2,1-3H3. The molecule has 1 rings (SSSR count). The maximum absolute atomic E-state index is 9.17. The van der Waals surface area contributed by atoms with Crippen LogP contribution in [-0.4, -0.2) is 50.5 Å². The molecule has 1 aromatic rings. The molecule has 5 nitrogen and oxygen atoms in total. The summed E-state index contributed by atoms with van der Waals surface area (Å²) in [5, 5.41) is 9.17. The number of nitrogens with zero attached hydrogens (tertiary/aromatic N) is 1. The Hall–Kier alpha value is -1.30. The summed E-state index contributed by atoms with van der Waals surface area (Å²) in [5.41, 5.74) is 7.00. The van der Waals surface area contributed by atoms with Crippen molar-refractivity contribution in [1.29, 1.82) is 0 Å². The lowest BCUT2D eigenvalue weighted by Gasteiger charge is -2.28. The molecule has 0 aliphatic carbocycles. The van der Waals surface area contributed by atoms with Gasteiger partial charge in [0.05, 0.1) is 26.4 Å². The topological polar surface area (TPSA) is 68.0 Å². The van der Waals surface area contributed by atoms with Crippen molar-refractivity contribution in [2.75, 3.05) is 40.5 Å². The van der Waals surface area contributed by atoms with Gasteiger partial charge in [0.25, 0.3) is 0 Å². The van der Waals surface area contributed by atoms with Crippen LogP contribution in [0.15, 0.2) is 18.2 Å². The monoisotopic (exact) mass is 324 g/mol. The molecule has 1 aromatic carbocycles. The molecule has 0 saturated carbocycles. The highest BCUT2D eigenvalue weighted by molar-refractivity contribution is 5.42. The highest BCUT2D eigenvalue weighted by atomic mass is 16.5. The molecule has 5 heteroatoms. The third kappa shape index (κ3) is 6.37. The van der Waals surface area contributed by atoms with E-state index in [-0.39, 0.29) is 12.6 Å². The van der Waals surface area contributed by atoms with Crippen LogP contribution < -0.4 is 15.2 Å². The van der Waals surface area contributed by atoms with Gasteiger partial charge in [-0.05, 0) is 19.5 Å². The Kier molecular flexibility index (Phi) is 9.67. The minimum absolute atomic E-state index is 0.0127. The minimum atomic E-state index is 0.0127. The Morgan fingerprint density at radius 2 is 2.04 bits per heavy atom. The van der Waals surface area contributed by atoms with Gasteiger partial charge in [0, 0.05) is 24.7 Å². The van der Waals surface area contributed by atoms with Crippen molar-refractivity contribution in [1.82, 2.24) is 4.90 Å². The second kappa shape index (κ2) is 11.3. The van der Waals surface area contributed by atoms with E-state index in [4.69, 9.17) is 20.3 Å². The first-order chi connectivity index (χ1) is 11.2. The predicted molar refractivity (Wildman–Crippen MR) is 94.1 cm³/mol. The van der Waals surface area contributed by atoms with Gasteiger partial charge in [0.2, 0.25) is 0 Å². The van der Waals surface area contributed by atoms with E-state index in [0.29, 0.717) is 19.7 Å². The van der Waals surface area contributed by atoms with Crippen molar-refractivity contribution in [3.05, 3.63) is 23.8 Å². The van der Waals surface area contributed by atoms with Crippen LogP contribution in [-0.2, 0) is 0 Å². The second-order valence-corrected chi connectivity index (χ2v) is 5.77. The third-order valence-electron chi connectivity index (χ3n) is 4.04. The van der Waals surface area contributed by atoms with E-state index >= 15 is 0 Å². The fraction of sp³-hybridized carbons (Fsp3) is 0.667. The maximum Gasteiger partial charge on any atom is 0.127 e. The van der Waals surface area contributed by atoms with Gasteiger partial charge in [0.15, 0.2) is 0 Å². The van der Waals surface area contributed by atoms with Crippen LogP contribution in [0.2, 0.25) is 0 Å². The van der Waals surface area contributed by atoms with E-state index in [1.165, 1.54) is 19.3 Å². The van der Waals surface area contributed by atoms with Crippen molar-refractivity contribution < 1.29 is 14.6 Å². The van der Waals surface area contributed by atoms with E-state index in [2.05, 4.69) is 6.92 Å². The lowest BCUT2D eigenvalue weighted by Crippen LogP contribution is -2.33. The van der Waals surface area contributed by atoms with Crippen LogP contribution in [0, 0.1) is 0 Å². The number of likely N-dealkylation sites (N-methyl/N-ethyl adjacent to an activating group) is 1. The lowest BCUT2D eigenvalue weighted by molar-refractivity contribution is 0.179. The summed E-state index contributed by atoms with van der Waals surface area (Å²) >= 11 is 0. The molecular formula is C18H32N2O3. The van der Waals surface area contributed by atoms with Gasteiger partial charge in [-0.2, -0.15) is 0 Å². The number of methoxy groups -OCH3 is 1. The van der Waals surface area contributed by atoms with Crippen molar-refractivity contribution in [2.24, 2.45) is 5.73 Å². The second-order valence-electron chi connectivity index (χ2n) is 5.77. The van der Waals surface area contributed by atoms with E-state index in [0.717, 1.165) is 23.5 Å². The lowest BCUT2D eigenvalue weighted by atomic mass is 10.0. The van der Waals surface area contributed by atoms with Gasteiger partial charge < -0.3 is 20.3 Å². The number of nitrogens with two attached hydrogens (primary N) is 1. The van der Waals surface area contributed by atoms with Crippen molar-refractivity contribution >= 4 is 0 Å². The van der Waals surface area contributed by atoms with Gasteiger partial charge in [-0.15, -0.1) is 0 Å². The van der Waals surface area contributed by atoms with E-state index < -0.39 is 0 Å². The molecule has 23 heavy (non-hydrogen) atoms. The number of aliphatic hydroxyl groups is 1. The first kappa shape index (κ1) is 19.7. The summed E-state index contributed by atoms with van der Waals surface area (Å²) in [7, 11) is 3.61.